The van der Waals surface area contributed by atoms with Crippen molar-refractivity contribution in [2.75, 3.05) is 12.4 Å². The molecule has 1 amide bonds. The second-order valence-corrected chi connectivity index (χ2v) is 9.28. The Hall–Kier alpha value is -3.62. The van der Waals surface area contributed by atoms with Crippen molar-refractivity contribution >= 4 is 41.0 Å². The highest BCUT2D eigenvalue weighted by molar-refractivity contribution is 7.99. The molecule has 8 heteroatoms. The van der Waals surface area contributed by atoms with E-state index < -0.39 is 0 Å². The molecule has 0 saturated heterocycles. The van der Waals surface area contributed by atoms with Gasteiger partial charge in [-0.05, 0) is 48.5 Å². The first-order valence-electron chi connectivity index (χ1n) is 10.1. The van der Waals surface area contributed by atoms with Crippen LogP contribution in [0.15, 0.2) is 82.7 Å². The van der Waals surface area contributed by atoms with Crippen LogP contribution in [0, 0.1) is 0 Å². The highest BCUT2D eigenvalue weighted by atomic mass is 32.2. The standard InChI is InChI=1S/C25H21N3O3S2/c1-26-21-12-17(8-11-23(21)33-22-5-3-2-4-18(22)15-29)24(31)27-13-20-14-28-25(32-20)16-6-9-19(30)10-7-16/h2-12,14-15,26,30H,13H2,1H3,(H,27,31). The first kappa shape index (κ1) is 22.6. The van der Waals surface area contributed by atoms with E-state index in [0.29, 0.717) is 17.7 Å². The number of hydrogen-bond acceptors (Lipinski definition) is 7. The van der Waals surface area contributed by atoms with Gasteiger partial charge < -0.3 is 15.7 Å². The van der Waals surface area contributed by atoms with Crippen molar-refractivity contribution in [3.05, 3.63) is 88.9 Å². The summed E-state index contributed by atoms with van der Waals surface area (Å²) in [4.78, 5) is 31.2. The molecule has 1 aromatic heterocycles. The number of nitrogens with one attached hydrogen (secondary N) is 2. The quantitative estimate of drug-likeness (QED) is 0.294. The molecule has 0 radical (unpaired) electrons. The van der Waals surface area contributed by atoms with E-state index in [9.17, 15) is 14.7 Å². The number of phenolic OH excluding ortho intramolecular Hbond substituents is 1. The fraction of sp³-hybridized carbons (Fsp3) is 0.0800. The largest absolute Gasteiger partial charge is 0.508 e. The zero-order chi connectivity index (χ0) is 23.2. The number of aldehydes is 1. The molecule has 0 aliphatic carbocycles. The Morgan fingerprint density at radius 3 is 2.64 bits per heavy atom. The van der Waals surface area contributed by atoms with Crippen LogP contribution in [-0.4, -0.2) is 29.3 Å². The number of amides is 1. The van der Waals surface area contributed by atoms with Gasteiger partial charge in [0, 0.05) is 50.3 Å². The van der Waals surface area contributed by atoms with Crippen molar-refractivity contribution in [3.8, 4) is 16.3 Å². The molecule has 0 bridgehead atoms. The van der Waals surface area contributed by atoms with Gasteiger partial charge in [-0.2, -0.15) is 0 Å². The zero-order valence-electron chi connectivity index (χ0n) is 17.7. The molecule has 1 heterocycles. The van der Waals surface area contributed by atoms with E-state index in [1.54, 1.807) is 43.6 Å². The van der Waals surface area contributed by atoms with Gasteiger partial charge >= 0.3 is 0 Å². The average Bonchev–Trinajstić information content (AvgIpc) is 3.32. The summed E-state index contributed by atoms with van der Waals surface area (Å²) >= 11 is 2.97. The van der Waals surface area contributed by atoms with E-state index in [-0.39, 0.29) is 11.7 Å². The molecule has 4 aromatic rings. The van der Waals surface area contributed by atoms with Crippen molar-refractivity contribution in [2.45, 2.75) is 16.3 Å². The summed E-state index contributed by atoms with van der Waals surface area (Å²) in [5.41, 5.74) is 2.89. The molecule has 0 aliphatic heterocycles. The second kappa shape index (κ2) is 10.3. The summed E-state index contributed by atoms with van der Waals surface area (Å²) in [5, 5.41) is 16.3. The molecule has 0 aliphatic rings. The van der Waals surface area contributed by atoms with Gasteiger partial charge in [0.05, 0.1) is 6.54 Å². The third-order valence-electron chi connectivity index (χ3n) is 4.87. The van der Waals surface area contributed by atoms with Gasteiger partial charge in [-0.25, -0.2) is 4.98 Å². The fourth-order valence-corrected chi connectivity index (χ4v) is 5.02. The third-order valence-corrected chi connectivity index (χ3v) is 7.08. The number of carbonyl (C=O) groups excluding carboxylic acids is 2. The van der Waals surface area contributed by atoms with Crippen molar-refractivity contribution in [1.29, 1.82) is 0 Å². The van der Waals surface area contributed by atoms with E-state index in [2.05, 4.69) is 15.6 Å². The van der Waals surface area contributed by atoms with E-state index in [1.807, 2.05) is 36.4 Å². The van der Waals surface area contributed by atoms with E-state index in [1.165, 1.54) is 23.1 Å². The van der Waals surface area contributed by atoms with Gasteiger partial charge in [0.25, 0.3) is 5.91 Å². The molecule has 0 spiro atoms. The van der Waals surface area contributed by atoms with Gasteiger partial charge in [0.2, 0.25) is 0 Å². The van der Waals surface area contributed by atoms with Crippen LogP contribution in [0.1, 0.15) is 25.6 Å². The van der Waals surface area contributed by atoms with Crippen LogP contribution in [0.25, 0.3) is 10.6 Å². The number of hydrogen-bond donors (Lipinski definition) is 3. The number of aromatic nitrogens is 1. The number of rotatable bonds is 8. The van der Waals surface area contributed by atoms with Crippen LogP contribution >= 0.6 is 23.1 Å². The SMILES string of the molecule is CNc1cc(C(=O)NCc2cnc(-c3ccc(O)cc3)s2)ccc1Sc1ccccc1C=O. The van der Waals surface area contributed by atoms with E-state index >= 15 is 0 Å². The van der Waals surface area contributed by atoms with Crippen LogP contribution < -0.4 is 10.6 Å². The summed E-state index contributed by atoms with van der Waals surface area (Å²) in [5.74, 6) is 0.0250. The molecule has 0 fully saturated rings. The smallest absolute Gasteiger partial charge is 0.251 e. The minimum absolute atomic E-state index is 0.184. The fourth-order valence-electron chi connectivity index (χ4n) is 3.14. The minimum Gasteiger partial charge on any atom is -0.508 e. The minimum atomic E-state index is -0.184. The highest BCUT2D eigenvalue weighted by Gasteiger charge is 2.13. The Morgan fingerprint density at radius 1 is 1.09 bits per heavy atom. The zero-order valence-corrected chi connectivity index (χ0v) is 19.4. The maximum Gasteiger partial charge on any atom is 0.251 e. The second-order valence-electron chi connectivity index (χ2n) is 7.08. The molecule has 0 saturated carbocycles. The lowest BCUT2D eigenvalue weighted by Gasteiger charge is -2.12. The highest BCUT2D eigenvalue weighted by Crippen LogP contribution is 2.35. The molecule has 3 N–H and O–H groups in total. The third kappa shape index (κ3) is 5.42. The predicted molar refractivity (Wildman–Crippen MR) is 132 cm³/mol. The number of aromatic hydroxyl groups is 1. The number of anilines is 1. The number of thiazole rings is 1. The normalized spacial score (nSPS) is 10.6. The van der Waals surface area contributed by atoms with Crippen LogP contribution in [0.2, 0.25) is 0 Å². The summed E-state index contributed by atoms with van der Waals surface area (Å²) in [7, 11) is 1.80. The number of phenols is 1. The van der Waals surface area contributed by atoms with Gasteiger partial charge in [0.15, 0.2) is 6.29 Å². The first-order valence-corrected chi connectivity index (χ1v) is 11.8. The lowest BCUT2D eigenvalue weighted by molar-refractivity contribution is 0.0951. The van der Waals surface area contributed by atoms with Crippen LogP contribution in [0.3, 0.4) is 0 Å². The summed E-state index contributed by atoms with van der Waals surface area (Å²) < 4.78 is 0. The predicted octanol–water partition coefficient (Wildman–Crippen LogP) is 5.45. The Morgan fingerprint density at radius 2 is 1.88 bits per heavy atom. The van der Waals surface area contributed by atoms with Crippen molar-refractivity contribution in [3.63, 3.8) is 0 Å². The van der Waals surface area contributed by atoms with Crippen molar-refractivity contribution in [2.24, 2.45) is 0 Å². The summed E-state index contributed by atoms with van der Waals surface area (Å²) in [6.45, 7) is 0.368. The van der Waals surface area contributed by atoms with Crippen molar-refractivity contribution < 1.29 is 14.7 Å². The van der Waals surface area contributed by atoms with Crippen LogP contribution in [0.4, 0.5) is 5.69 Å². The van der Waals surface area contributed by atoms with E-state index in [4.69, 9.17) is 0 Å². The van der Waals surface area contributed by atoms with E-state index in [0.717, 1.165) is 37.2 Å². The topological polar surface area (TPSA) is 91.3 Å². The summed E-state index contributed by atoms with van der Waals surface area (Å²) in [6.07, 6.45) is 2.59. The summed E-state index contributed by atoms with van der Waals surface area (Å²) in [6, 6.07) is 19.7. The monoisotopic (exact) mass is 475 g/mol. The Labute approximate surface area is 199 Å². The van der Waals surface area contributed by atoms with Gasteiger partial charge in [-0.15, -0.1) is 11.3 Å². The van der Waals surface area contributed by atoms with Crippen LogP contribution in [0.5, 0.6) is 5.75 Å². The molecule has 4 rings (SSSR count). The molecule has 166 valence electrons. The van der Waals surface area contributed by atoms with Gasteiger partial charge in [0.1, 0.15) is 10.8 Å². The Balaban J connectivity index is 1.43. The average molecular weight is 476 g/mol. The molecule has 33 heavy (non-hydrogen) atoms. The first-order chi connectivity index (χ1) is 16.1. The number of carbonyl (C=O) groups is 2. The molecular weight excluding hydrogens is 454 g/mol. The Bertz CT molecular complexity index is 1290. The molecule has 0 unspecified atom stereocenters. The lowest BCUT2D eigenvalue weighted by atomic mass is 10.2. The van der Waals surface area contributed by atoms with Gasteiger partial charge in [-0.1, -0.05) is 30.0 Å². The van der Waals surface area contributed by atoms with Crippen LogP contribution in [-0.2, 0) is 6.54 Å². The number of benzene rings is 3. The van der Waals surface area contributed by atoms with Gasteiger partial charge in [-0.3, -0.25) is 9.59 Å². The number of nitrogens with zero attached hydrogens (tertiary/aromatic N) is 1. The molecule has 0 atom stereocenters. The lowest BCUT2D eigenvalue weighted by Crippen LogP contribution is -2.22. The Kier molecular flexibility index (Phi) is 7.07. The molecular formula is C25H21N3O3S2. The maximum absolute atomic E-state index is 12.7. The maximum atomic E-state index is 12.7. The molecule has 6 nitrogen and oxygen atoms in total. The van der Waals surface area contributed by atoms with Crippen molar-refractivity contribution in [1.82, 2.24) is 10.3 Å². The molecule has 3 aromatic carbocycles.